The molecule has 4 rings (SSSR count). The van der Waals surface area contributed by atoms with Gasteiger partial charge in [0.2, 0.25) is 5.91 Å². The zero-order valence-corrected chi connectivity index (χ0v) is 15.7. The van der Waals surface area contributed by atoms with Crippen molar-refractivity contribution in [1.82, 2.24) is 14.8 Å². The van der Waals surface area contributed by atoms with E-state index in [1.807, 2.05) is 0 Å². The number of aryl methyl sites for hydroxylation is 1. The Hall–Kier alpha value is -2.07. The van der Waals surface area contributed by atoms with E-state index in [2.05, 4.69) is 64.4 Å². The quantitative estimate of drug-likeness (QED) is 0.896. The van der Waals surface area contributed by atoms with Crippen molar-refractivity contribution in [3.8, 4) is 0 Å². The summed E-state index contributed by atoms with van der Waals surface area (Å²) in [5.74, 6) is 0.477. The molecule has 1 aromatic heterocycles. The fourth-order valence-corrected chi connectivity index (χ4v) is 4.55. The zero-order chi connectivity index (χ0) is 17.9. The van der Waals surface area contributed by atoms with Gasteiger partial charge in [0.05, 0.1) is 6.04 Å². The Labute approximate surface area is 156 Å². The average Bonchev–Trinajstić information content (AvgIpc) is 3.34. The molecule has 2 aromatic rings. The van der Waals surface area contributed by atoms with E-state index in [0.29, 0.717) is 6.54 Å². The molecule has 138 valence electrons. The van der Waals surface area contributed by atoms with Crippen LogP contribution in [-0.2, 0) is 24.8 Å². The molecule has 4 nitrogen and oxygen atoms in total. The Balaban J connectivity index is 1.50. The molecule has 2 heterocycles. The third kappa shape index (κ3) is 3.56. The highest BCUT2D eigenvalue weighted by Gasteiger charge is 2.28. The van der Waals surface area contributed by atoms with E-state index in [9.17, 15) is 4.79 Å². The predicted molar refractivity (Wildman–Crippen MR) is 104 cm³/mol. The normalized spacial score (nSPS) is 19.3. The Morgan fingerprint density at radius 1 is 1.15 bits per heavy atom. The molecule has 1 N–H and O–H groups in total. The SMILES string of the molecule is Cn1cccc1C(CNC(=O)C1CCCC1)N1CCc2ccccc2C1. The van der Waals surface area contributed by atoms with Crippen LogP contribution >= 0.6 is 0 Å². The molecule has 0 radical (unpaired) electrons. The van der Waals surface area contributed by atoms with Crippen LogP contribution in [0.3, 0.4) is 0 Å². The smallest absolute Gasteiger partial charge is 0.223 e. The van der Waals surface area contributed by atoms with Crippen molar-refractivity contribution in [3.05, 3.63) is 59.4 Å². The maximum Gasteiger partial charge on any atom is 0.223 e. The number of carbonyl (C=O) groups is 1. The predicted octanol–water partition coefficient (Wildman–Crippen LogP) is 3.43. The summed E-state index contributed by atoms with van der Waals surface area (Å²) in [5, 5.41) is 3.27. The first-order valence-corrected chi connectivity index (χ1v) is 9.92. The number of nitrogens with one attached hydrogen (secondary N) is 1. The van der Waals surface area contributed by atoms with Gasteiger partial charge in [-0.15, -0.1) is 0 Å². The van der Waals surface area contributed by atoms with Gasteiger partial charge in [-0.1, -0.05) is 37.1 Å². The molecule has 1 saturated carbocycles. The zero-order valence-electron chi connectivity index (χ0n) is 15.7. The van der Waals surface area contributed by atoms with E-state index in [1.165, 1.54) is 29.7 Å². The van der Waals surface area contributed by atoms with E-state index in [-0.39, 0.29) is 17.9 Å². The van der Waals surface area contributed by atoms with Crippen LogP contribution in [0.4, 0.5) is 0 Å². The average molecular weight is 351 g/mol. The van der Waals surface area contributed by atoms with E-state index >= 15 is 0 Å². The first-order valence-electron chi connectivity index (χ1n) is 9.92. The number of fused-ring (bicyclic) bond motifs is 1. The monoisotopic (exact) mass is 351 g/mol. The van der Waals surface area contributed by atoms with E-state index in [4.69, 9.17) is 0 Å². The lowest BCUT2D eigenvalue weighted by Gasteiger charge is -2.36. The molecule has 1 aliphatic carbocycles. The van der Waals surface area contributed by atoms with Crippen LogP contribution < -0.4 is 5.32 Å². The molecule has 4 heteroatoms. The number of aromatic nitrogens is 1. The number of nitrogens with zero attached hydrogens (tertiary/aromatic N) is 2. The Bertz CT molecular complexity index is 760. The number of hydrogen-bond donors (Lipinski definition) is 1. The lowest BCUT2D eigenvalue weighted by atomic mass is 9.97. The molecule has 1 aliphatic heterocycles. The van der Waals surface area contributed by atoms with Gasteiger partial charge in [0.15, 0.2) is 0 Å². The van der Waals surface area contributed by atoms with Gasteiger partial charge in [-0.25, -0.2) is 0 Å². The lowest BCUT2D eigenvalue weighted by Crippen LogP contribution is -2.42. The molecule has 2 aliphatic rings. The van der Waals surface area contributed by atoms with Crippen LogP contribution in [0.5, 0.6) is 0 Å². The maximum atomic E-state index is 12.5. The third-order valence-corrected chi connectivity index (χ3v) is 6.12. The highest BCUT2D eigenvalue weighted by atomic mass is 16.1. The van der Waals surface area contributed by atoms with Crippen molar-refractivity contribution >= 4 is 5.91 Å². The van der Waals surface area contributed by atoms with Gasteiger partial charge in [-0.2, -0.15) is 0 Å². The molecule has 1 fully saturated rings. The van der Waals surface area contributed by atoms with Crippen LogP contribution in [0.25, 0.3) is 0 Å². The Kier molecular flexibility index (Phi) is 5.11. The second kappa shape index (κ2) is 7.67. The highest BCUT2D eigenvalue weighted by molar-refractivity contribution is 5.78. The summed E-state index contributed by atoms with van der Waals surface area (Å²) in [4.78, 5) is 15.1. The van der Waals surface area contributed by atoms with Gasteiger partial charge in [0.25, 0.3) is 0 Å². The van der Waals surface area contributed by atoms with Crippen LogP contribution in [-0.4, -0.2) is 28.5 Å². The van der Waals surface area contributed by atoms with Crippen molar-refractivity contribution in [2.24, 2.45) is 13.0 Å². The summed E-state index contributed by atoms with van der Waals surface area (Å²) in [6, 6.07) is 13.2. The van der Waals surface area contributed by atoms with Crippen LogP contribution in [0.1, 0.15) is 48.5 Å². The van der Waals surface area contributed by atoms with Crippen molar-refractivity contribution in [1.29, 1.82) is 0 Å². The van der Waals surface area contributed by atoms with E-state index in [1.54, 1.807) is 0 Å². The van der Waals surface area contributed by atoms with Crippen molar-refractivity contribution in [2.45, 2.75) is 44.7 Å². The van der Waals surface area contributed by atoms with E-state index in [0.717, 1.165) is 32.4 Å². The summed E-state index contributed by atoms with van der Waals surface area (Å²) in [7, 11) is 2.10. The Morgan fingerprint density at radius 2 is 1.92 bits per heavy atom. The molecule has 0 saturated heterocycles. The number of rotatable bonds is 5. The van der Waals surface area contributed by atoms with Crippen LogP contribution in [0, 0.1) is 5.92 Å². The minimum atomic E-state index is 0.216. The summed E-state index contributed by atoms with van der Waals surface area (Å²) < 4.78 is 2.19. The molecular formula is C22H29N3O. The van der Waals surface area contributed by atoms with Gasteiger partial charge in [0.1, 0.15) is 0 Å². The standard InChI is InChI=1S/C22H29N3O/c1-24-13-6-11-20(24)21(15-23-22(26)18-8-3-4-9-18)25-14-12-17-7-2-5-10-19(17)16-25/h2,5-7,10-11,13,18,21H,3-4,8-9,12,14-16H2,1H3,(H,23,26). The molecular weight excluding hydrogens is 322 g/mol. The summed E-state index contributed by atoms with van der Waals surface area (Å²) in [5.41, 5.74) is 4.15. The van der Waals surface area contributed by atoms with Crippen LogP contribution in [0.15, 0.2) is 42.6 Å². The molecule has 0 bridgehead atoms. The number of hydrogen-bond acceptors (Lipinski definition) is 2. The summed E-state index contributed by atoms with van der Waals surface area (Å²) in [6.45, 7) is 2.67. The molecule has 1 aromatic carbocycles. The topological polar surface area (TPSA) is 37.3 Å². The molecule has 1 unspecified atom stereocenters. The first-order chi connectivity index (χ1) is 12.7. The summed E-state index contributed by atoms with van der Waals surface area (Å²) in [6.07, 6.45) is 7.67. The molecule has 26 heavy (non-hydrogen) atoms. The van der Waals surface area contributed by atoms with Crippen molar-refractivity contribution in [2.75, 3.05) is 13.1 Å². The summed E-state index contributed by atoms with van der Waals surface area (Å²) >= 11 is 0. The third-order valence-electron chi connectivity index (χ3n) is 6.12. The fourth-order valence-electron chi connectivity index (χ4n) is 4.55. The van der Waals surface area contributed by atoms with Gasteiger partial charge in [-0.3, -0.25) is 9.69 Å². The first kappa shape index (κ1) is 17.3. The highest BCUT2D eigenvalue weighted by Crippen LogP contribution is 2.29. The molecule has 1 amide bonds. The minimum absolute atomic E-state index is 0.216. The fraction of sp³-hybridized carbons (Fsp3) is 0.500. The number of amides is 1. The lowest BCUT2D eigenvalue weighted by molar-refractivity contribution is -0.125. The largest absolute Gasteiger partial charge is 0.354 e. The van der Waals surface area contributed by atoms with Gasteiger partial charge < -0.3 is 9.88 Å². The number of benzene rings is 1. The minimum Gasteiger partial charge on any atom is -0.354 e. The second-order valence-corrected chi connectivity index (χ2v) is 7.78. The molecule has 1 atom stereocenters. The van der Waals surface area contributed by atoms with E-state index < -0.39 is 0 Å². The van der Waals surface area contributed by atoms with Gasteiger partial charge >= 0.3 is 0 Å². The van der Waals surface area contributed by atoms with Crippen molar-refractivity contribution < 1.29 is 4.79 Å². The van der Waals surface area contributed by atoms with Gasteiger partial charge in [-0.05, 0) is 42.5 Å². The maximum absolute atomic E-state index is 12.5. The number of carbonyl (C=O) groups excluding carboxylic acids is 1. The van der Waals surface area contributed by atoms with Crippen molar-refractivity contribution in [3.63, 3.8) is 0 Å². The molecule has 0 spiro atoms. The Morgan fingerprint density at radius 3 is 2.65 bits per heavy atom. The van der Waals surface area contributed by atoms with Gasteiger partial charge in [0, 0.05) is 44.5 Å². The van der Waals surface area contributed by atoms with Crippen LogP contribution in [0.2, 0.25) is 0 Å². The second-order valence-electron chi connectivity index (χ2n) is 7.78.